The number of hydrogen-bond acceptors (Lipinski definition) is 3. The number of piperidine rings is 1. The van der Waals surface area contributed by atoms with Gasteiger partial charge in [-0.3, -0.25) is 9.59 Å². The lowest BCUT2D eigenvalue weighted by molar-refractivity contribution is -0.146. The normalized spacial score (nSPS) is 25.3. The van der Waals surface area contributed by atoms with E-state index in [0.29, 0.717) is 31.8 Å². The number of nitrogens with zero attached hydrogens (tertiary/aromatic N) is 2. The summed E-state index contributed by atoms with van der Waals surface area (Å²) in [4.78, 5) is 29.9. The topological polar surface area (TPSA) is 49.9 Å². The van der Waals surface area contributed by atoms with Crippen molar-refractivity contribution >= 4 is 11.8 Å². The van der Waals surface area contributed by atoms with Gasteiger partial charge in [-0.05, 0) is 56.1 Å². The fourth-order valence-corrected chi connectivity index (χ4v) is 4.71. The molecule has 2 amide bonds. The highest BCUT2D eigenvalue weighted by Gasteiger charge is 2.49. The first-order valence-corrected chi connectivity index (χ1v) is 10.3. The predicted octanol–water partition coefficient (Wildman–Crippen LogP) is 2.88. The number of ether oxygens (including phenoxy) is 1. The van der Waals surface area contributed by atoms with Crippen LogP contribution in [0.4, 0.5) is 0 Å². The maximum Gasteiger partial charge on any atom is 0.230 e. The molecule has 2 saturated heterocycles. The molecule has 27 heavy (non-hydrogen) atoms. The first-order valence-electron chi connectivity index (χ1n) is 10.3. The fourth-order valence-electron chi connectivity index (χ4n) is 4.71. The van der Waals surface area contributed by atoms with Crippen LogP contribution < -0.4 is 4.74 Å². The number of carbonyl (C=O) groups is 2. The van der Waals surface area contributed by atoms with Gasteiger partial charge < -0.3 is 14.5 Å². The van der Waals surface area contributed by atoms with Gasteiger partial charge in [-0.25, -0.2) is 0 Å². The Hall–Kier alpha value is -2.04. The molecule has 3 aliphatic rings. The van der Waals surface area contributed by atoms with Gasteiger partial charge in [0.1, 0.15) is 5.75 Å². The van der Waals surface area contributed by atoms with E-state index in [1.165, 1.54) is 12.8 Å². The second-order valence-corrected chi connectivity index (χ2v) is 8.46. The lowest BCUT2D eigenvalue weighted by Gasteiger charge is -2.39. The second-order valence-electron chi connectivity index (χ2n) is 8.46. The van der Waals surface area contributed by atoms with Crippen LogP contribution in [0, 0.1) is 11.3 Å². The van der Waals surface area contributed by atoms with Crippen molar-refractivity contribution in [2.75, 3.05) is 33.3 Å². The highest BCUT2D eigenvalue weighted by Crippen LogP contribution is 2.42. The van der Waals surface area contributed by atoms with Crippen molar-refractivity contribution in [3.63, 3.8) is 0 Å². The van der Waals surface area contributed by atoms with Gasteiger partial charge in [-0.15, -0.1) is 0 Å². The first-order chi connectivity index (χ1) is 13.1. The summed E-state index contributed by atoms with van der Waals surface area (Å²) in [6, 6.07) is 7.86. The molecule has 1 aliphatic carbocycles. The third-order valence-corrected chi connectivity index (χ3v) is 6.51. The number of likely N-dealkylation sites (tertiary alicyclic amines) is 2. The second kappa shape index (κ2) is 7.53. The molecular weight excluding hydrogens is 340 g/mol. The van der Waals surface area contributed by atoms with Crippen LogP contribution in [-0.4, -0.2) is 54.9 Å². The molecule has 0 N–H and O–H groups in total. The molecule has 0 radical (unpaired) electrons. The summed E-state index contributed by atoms with van der Waals surface area (Å²) >= 11 is 0. The fraction of sp³-hybridized carbons (Fsp3) is 0.636. The van der Waals surface area contributed by atoms with Crippen LogP contribution in [0.2, 0.25) is 0 Å². The summed E-state index contributed by atoms with van der Waals surface area (Å²) in [7, 11) is 1.66. The molecule has 1 aromatic rings. The van der Waals surface area contributed by atoms with E-state index in [2.05, 4.69) is 4.90 Å². The lowest BCUT2D eigenvalue weighted by Crippen LogP contribution is -2.50. The SMILES string of the molecule is COc1ccccc1CCC(=O)N1CC[C@]2(CCCN(CC3CC3)C2=O)C1. The smallest absolute Gasteiger partial charge is 0.230 e. The summed E-state index contributed by atoms with van der Waals surface area (Å²) in [6.45, 7) is 3.16. The van der Waals surface area contributed by atoms with Crippen LogP contribution in [0.3, 0.4) is 0 Å². The van der Waals surface area contributed by atoms with Crippen molar-refractivity contribution < 1.29 is 14.3 Å². The number of methoxy groups -OCH3 is 1. The highest BCUT2D eigenvalue weighted by molar-refractivity contribution is 5.86. The average molecular weight is 370 g/mol. The Kier molecular flexibility index (Phi) is 5.11. The number of para-hydroxylation sites is 1. The minimum Gasteiger partial charge on any atom is -0.496 e. The minimum atomic E-state index is -0.312. The molecule has 1 atom stereocenters. The molecule has 1 aromatic carbocycles. The maximum atomic E-state index is 13.1. The monoisotopic (exact) mass is 370 g/mol. The zero-order valence-corrected chi connectivity index (χ0v) is 16.3. The summed E-state index contributed by atoms with van der Waals surface area (Å²) < 4.78 is 5.38. The van der Waals surface area contributed by atoms with Crippen LogP contribution in [0.1, 0.15) is 44.1 Å². The Bertz CT molecular complexity index is 715. The molecule has 5 heteroatoms. The minimum absolute atomic E-state index is 0.157. The number of rotatable bonds is 6. The van der Waals surface area contributed by atoms with Gasteiger partial charge in [0.2, 0.25) is 11.8 Å². The molecule has 1 spiro atoms. The zero-order valence-electron chi connectivity index (χ0n) is 16.3. The summed E-state index contributed by atoms with van der Waals surface area (Å²) in [6.07, 6.45) is 6.51. The molecule has 4 rings (SSSR count). The van der Waals surface area contributed by atoms with Gasteiger partial charge in [-0.2, -0.15) is 0 Å². The number of amides is 2. The number of hydrogen-bond donors (Lipinski definition) is 0. The van der Waals surface area contributed by atoms with E-state index in [4.69, 9.17) is 4.74 Å². The van der Waals surface area contributed by atoms with Crippen LogP contribution >= 0.6 is 0 Å². The van der Waals surface area contributed by atoms with Gasteiger partial charge in [0.25, 0.3) is 0 Å². The molecule has 2 aliphatic heterocycles. The number of aryl methyl sites for hydroxylation is 1. The summed E-state index contributed by atoms with van der Waals surface area (Å²) in [5, 5.41) is 0. The third-order valence-electron chi connectivity index (χ3n) is 6.51. The van der Waals surface area contributed by atoms with Crippen LogP contribution in [-0.2, 0) is 16.0 Å². The van der Waals surface area contributed by atoms with Crippen molar-refractivity contribution in [3.05, 3.63) is 29.8 Å². The van der Waals surface area contributed by atoms with E-state index < -0.39 is 0 Å². The zero-order chi connectivity index (χ0) is 18.9. The van der Waals surface area contributed by atoms with Crippen molar-refractivity contribution in [2.45, 2.75) is 44.9 Å². The molecule has 0 unspecified atom stereocenters. The number of benzene rings is 1. The van der Waals surface area contributed by atoms with E-state index >= 15 is 0 Å². The predicted molar refractivity (Wildman–Crippen MR) is 103 cm³/mol. The molecule has 1 saturated carbocycles. The molecular formula is C22H30N2O3. The van der Waals surface area contributed by atoms with Crippen LogP contribution in [0.5, 0.6) is 5.75 Å². The van der Waals surface area contributed by atoms with Gasteiger partial charge in [0.15, 0.2) is 0 Å². The van der Waals surface area contributed by atoms with Crippen molar-refractivity contribution in [3.8, 4) is 5.75 Å². The van der Waals surface area contributed by atoms with E-state index in [-0.39, 0.29) is 11.3 Å². The van der Waals surface area contributed by atoms with Crippen molar-refractivity contribution in [1.82, 2.24) is 9.80 Å². The third kappa shape index (κ3) is 3.83. The standard InChI is InChI=1S/C22H30N2O3/c1-27-19-6-3-2-5-18(19)9-10-20(25)24-14-12-22(16-24)11-4-13-23(21(22)26)15-17-7-8-17/h2-3,5-6,17H,4,7-16H2,1H3/t22-/m1/s1. The van der Waals surface area contributed by atoms with Gasteiger partial charge in [0, 0.05) is 32.6 Å². The van der Waals surface area contributed by atoms with Crippen molar-refractivity contribution in [2.24, 2.45) is 11.3 Å². The molecule has 5 nitrogen and oxygen atoms in total. The Morgan fingerprint density at radius 2 is 2.04 bits per heavy atom. The van der Waals surface area contributed by atoms with E-state index in [9.17, 15) is 9.59 Å². The Morgan fingerprint density at radius 3 is 2.81 bits per heavy atom. The quantitative estimate of drug-likeness (QED) is 0.774. The number of carbonyl (C=O) groups excluding carboxylic acids is 2. The van der Waals surface area contributed by atoms with Crippen LogP contribution in [0.15, 0.2) is 24.3 Å². The largest absolute Gasteiger partial charge is 0.496 e. The summed E-state index contributed by atoms with van der Waals surface area (Å²) in [5.41, 5.74) is 0.749. The Balaban J connectivity index is 1.35. The Morgan fingerprint density at radius 1 is 1.22 bits per heavy atom. The van der Waals surface area contributed by atoms with Crippen LogP contribution in [0.25, 0.3) is 0 Å². The first kappa shape index (κ1) is 18.3. The van der Waals surface area contributed by atoms with Gasteiger partial charge in [0.05, 0.1) is 12.5 Å². The van der Waals surface area contributed by atoms with E-state index in [1.54, 1.807) is 7.11 Å². The average Bonchev–Trinajstić information content (AvgIpc) is 3.41. The molecule has 146 valence electrons. The lowest BCUT2D eigenvalue weighted by atomic mass is 9.78. The van der Waals surface area contributed by atoms with E-state index in [0.717, 1.165) is 49.6 Å². The molecule has 0 aromatic heterocycles. The molecule has 0 bridgehead atoms. The van der Waals surface area contributed by atoms with Gasteiger partial charge >= 0.3 is 0 Å². The maximum absolute atomic E-state index is 13.1. The van der Waals surface area contributed by atoms with Gasteiger partial charge in [-0.1, -0.05) is 18.2 Å². The molecule has 3 fully saturated rings. The highest BCUT2D eigenvalue weighted by atomic mass is 16.5. The molecule has 2 heterocycles. The van der Waals surface area contributed by atoms with Crippen molar-refractivity contribution in [1.29, 1.82) is 0 Å². The van der Waals surface area contributed by atoms with E-state index in [1.807, 2.05) is 29.2 Å². The summed E-state index contributed by atoms with van der Waals surface area (Å²) in [5.74, 6) is 2.02. The Labute approximate surface area is 161 Å².